The molecule has 0 saturated carbocycles. The molecule has 40 heavy (non-hydrogen) atoms. The summed E-state index contributed by atoms with van der Waals surface area (Å²) >= 11 is 1.68. The van der Waals surface area contributed by atoms with Crippen molar-refractivity contribution < 1.29 is 18.9 Å². The highest BCUT2D eigenvalue weighted by atomic mass is 32.2. The predicted molar refractivity (Wildman–Crippen MR) is 158 cm³/mol. The maximum absolute atomic E-state index is 6.79. The number of aliphatic imine (C=N–C) groups is 2. The molecule has 0 aromatic heterocycles. The highest BCUT2D eigenvalue weighted by Crippen LogP contribution is 2.43. The predicted octanol–water partition coefficient (Wildman–Crippen LogP) is 4.91. The third-order valence-corrected chi connectivity index (χ3v) is 8.57. The first-order valence-electron chi connectivity index (χ1n) is 13.6. The molecule has 6 rings (SSSR count). The molecule has 3 heterocycles. The molecule has 0 aliphatic carbocycles. The number of nitrogens with zero attached hydrogens (tertiary/aromatic N) is 2. The number of amidine groups is 1. The average molecular weight is 556 g/mol. The Morgan fingerprint density at radius 1 is 0.750 bits per heavy atom. The van der Waals surface area contributed by atoms with Crippen LogP contribution in [0.1, 0.15) is 16.7 Å². The Kier molecular flexibility index (Phi) is 8.71. The molecule has 7 nitrogen and oxygen atoms in total. The minimum absolute atomic E-state index is 0.0250. The standard InChI is InChI=1S/C32H33N3O4S/c33-32-25-20-40-31(27(25)34-21-35-32)30-29(38-18-24-14-8-3-9-15-24)28(37-17-23-12-6-2-7-13-23)26(39-30)19-36-16-22-10-4-1-5-11-22/h1-15,20-21,26-31H,16-19H2,(H2,33,34,35). The molecule has 2 N–H and O–H groups in total. The minimum Gasteiger partial charge on any atom is -0.383 e. The fourth-order valence-corrected chi connectivity index (χ4v) is 6.60. The van der Waals surface area contributed by atoms with Crippen molar-refractivity contribution >= 4 is 23.9 Å². The second-order valence-electron chi connectivity index (χ2n) is 10.1. The van der Waals surface area contributed by atoms with Gasteiger partial charge in [0.2, 0.25) is 0 Å². The zero-order chi connectivity index (χ0) is 27.1. The number of hydrogen-bond acceptors (Lipinski definition) is 8. The van der Waals surface area contributed by atoms with Crippen LogP contribution in [-0.4, -0.2) is 54.5 Å². The summed E-state index contributed by atoms with van der Waals surface area (Å²) in [6, 6.07) is 30.4. The molecule has 1 fully saturated rings. The molecular formula is C32H33N3O4S. The van der Waals surface area contributed by atoms with Gasteiger partial charge in [-0.15, -0.1) is 11.8 Å². The van der Waals surface area contributed by atoms with Crippen molar-refractivity contribution in [2.75, 3.05) is 6.61 Å². The van der Waals surface area contributed by atoms with Gasteiger partial charge >= 0.3 is 0 Å². The molecule has 3 aromatic carbocycles. The third-order valence-electron chi connectivity index (χ3n) is 7.34. The molecule has 3 aliphatic heterocycles. The van der Waals surface area contributed by atoms with E-state index < -0.39 is 0 Å². The van der Waals surface area contributed by atoms with E-state index in [0.717, 1.165) is 22.3 Å². The van der Waals surface area contributed by atoms with Gasteiger partial charge in [-0.1, -0.05) is 91.0 Å². The number of fused-ring (bicyclic) bond motifs is 1. The highest BCUT2D eigenvalue weighted by Gasteiger charge is 2.53. The van der Waals surface area contributed by atoms with Crippen LogP contribution in [0.3, 0.4) is 0 Å². The summed E-state index contributed by atoms with van der Waals surface area (Å²) in [4.78, 5) is 8.87. The molecule has 3 aromatic rings. The van der Waals surface area contributed by atoms with E-state index >= 15 is 0 Å². The van der Waals surface area contributed by atoms with Gasteiger partial charge in [-0.3, -0.25) is 4.99 Å². The van der Waals surface area contributed by atoms with Crippen molar-refractivity contribution in [2.45, 2.75) is 55.5 Å². The van der Waals surface area contributed by atoms with Crippen LogP contribution in [0, 0.1) is 0 Å². The first-order chi connectivity index (χ1) is 19.8. The van der Waals surface area contributed by atoms with Crippen molar-refractivity contribution in [1.82, 2.24) is 0 Å². The molecular weight excluding hydrogens is 522 g/mol. The van der Waals surface area contributed by atoms with E-state index in [1.54, 1.807) is 18.1 Å². The van der Waals surface area contributed by atoms with Crippen LogP contribution in [0.15, 0.2) is 112 Å². The van der Waals surface area contributed by atoms with Crippen molar-refractivity contribution in [1.29, 1.82) is 0 Å². The van der Waals surface area contributed by atoms with Crippen molar-refractivity contribution in [3.8, 4) is 0 Å². The average Bonchev–Trinajstić information content (AvgIpc) is 3.58. The fraction of sp³-hybridized carbons (Fsp3) is 0.312. The van der Waals surface area contributed by atoms with E-state index in [4.69, 9.17) is 24.7 Å². The molecule has 6 atom stereocenters. The van der Waals surface area contributed by atoms with E-state index in [9.17, 15) is 0 Å². The SMILES string of the molecule is NC1=NC=NC2C1=CSC2C1OC(COCc2ccccc2)C(OCc2ccccc2)C1OCc1ccccc1. The number of benzene rings is 3. The van der Waals surface area contributed by atoms with Gasteiger partial charge in [-0.25, -0.2) is 4.99 Å². The molecule has 0 amide bonds. The first-order valence-corrected chi connectivity index (χ1v) is 14.5. The normalized spacial score (nSPS) is 27.3. The van der Waals surface area contributed by atoms with Crippen LogP contribution >= 0.6 is 11.8 Å². The Bertz CT molecular complexity index is 1340. The largest absolute Gasteiger partial charge is 0.383 e. The number of hydrogen-bond donors (Lipinski definition) is 1. The van der Waals surface area contributed by atoms with Crippen molar-refractivity contribution in [2.24, 2.45) is 15.7 Å². The Morgan fingerprint density at radius 2 is 1.32 bits per heavy atom. The minimum atomic E-state index is -0.340. The number of nitrogens with two attached hydrogens (primary N) is 1. The summed E-state index contributed by atoms with van der Waals surface area (Å²) in [7, 11) is 0. The molecule has 0 radical (unpaired) electrons. The van der Waals surface area contributed by atoms with E-state index in [0.29, 0.717) is 32.3 Å². The van der Waals surface area contributed by atoms with Gasteiger partial charge in [-0.05, 0) is 22.1 Å². The summed E-state index contributed by atoms with van der Waals surface area (Å²) in [5.41, 5.74) is 10.4. The maximum atomic E-state index is 6.79. The summed E-state index contributed by atoms with van der Waals surface area (Å²) in [5.74, 6) is 0.509. The number of thioether (sulfide) groups is 1. The Balaban J connectivity index is 1.24. The molecule has 3 aliphatic rings. The zero-order valence-electron chi connectivity index (χ0n) is 22.1. The van der Waals surface area contributed by atoms with Gasteiger partial charge in [0.1, 0.15) is 36.6 Å². The Labute approximate surface area is 239 Å². The quantitative estimate of drug-likeness (QED) is 0.362. The summed E-state index contributed by atoms with van der Waals surface area (Å²) in [6.07, 6.45) is 0.264. The lowest BCUT2D eigenvalue weighted by Gasteiger charge is -2.30. The summed E-state index contributed by atoms with van der Waals surface area (Å²) in [5, 5.41) is 2.03. The van der Waals surface area contributed by atoms with Crippen molar-refractivity contribution in [3.63, 3.8) is 0 Å². The van der Waals surface area contributed by atoms with E-state index in [1.807, 2.05) is 54.6 Å². The monoisotopic (exact) mass is 555 g/mol. The van der Waals surface area contributed by atoms with E-state index in [1.165, 1.54) is 0 Å². The van der Waals surface area contributed by atoms with Crippen LogP contribution in [-0.2, 0) is 38.8 Å². The molecule has 8 heteroatoms. The van der Waals surface area contributed by atoms with Gasteiger partial charge in [0.25, 0.3) is 0 Å². The lowest BCUT2D eigenvalue weighted by Crippen LogP contribution is -2.45. The van der Waals surface area contributed by atoms with E-state index in [2.05, 4.69) is 51.8 Å². The molecule has 0 bridgehead atoms. The van der Waals surface area contributed by atoms with Crippen LogP contribution < -0.4 is 5.73 Å². The van der Waals surface area contributed by atoms with E-state index in [-0.39, 0.29) is 35.7 Å². The highest BCUT2D eigenvalue weighted by molar-refractivity contribution is 8.03. The first kappa shape index (κ1) is 26.9. The molecule has 6 unspecified atom stereocenters. The second-order valence-corrected chi connectivity index (χ2v) is 11.1. The molecule has 0 spiro atoms. The van der Waals surface area contributed by atoms with Gasteiger partial charge in [-0.2, -0.15) is 0 Å². The van der Waals surface area contributed by atoms with Crippen LogP contribution in [0.5, 0.6) is 0 Å². The number of rotatable bonds is 11. The smallest absolute Gasteiger partial charge is 0.131 e. The van der Waals surface area contributed by atoms with Gasteiger partial charge < -0.3 is 24.7 Å². The lowest BCUT2D eigenvalue weighted by molar-refractivity contribution is -0.0898. The zero-order valence-corrected chi connectivity index (χ0v) is 22.9. The fourth-order valence-electron chi connectivity index (χ4n) is 5.30. The van der Waals surface area contributed by atoms with Crippen molar-refractivity contribution in [3.05, 3.63) is 119 Å². The van der Waals surface area contributed by atoms with Gasteiger partial charge in [0.15, 0.2) is 0 Å². The Hall–Kier alpha value is -3.27. The molecule has 1 saturated heterocycles. The van der Waals surface area contributed by atoms with Gasteiger partial charge in [0, 0.05) is 5.57 Å². The number of ether oxygens (including phenoxy) is 4. The van der Waals surface area contributed by atoms with Crippen LogP contribution in [0.2, 0.25) is 0 Å². The maximum Gasteiger partial charge on any atom is 0.131 e. The Morgan fingerprint density at radius 3 is 1.95 bits per heavy atom. The topological polar surface area (TPSA) is 87.7 Å². The molecule has 206 valence electrons. The second kappa shape index (κ2) is 12.9. The third kappa shape index (κ3) is 6.22. The lowest BCUT2D eigenvalue weighted by atomic mass is 9.96. The summed E-state index contributed by atoms with van der Waals surface area (Å²) in [6.45, 7) is 1.77. The van der Waals surface area contributed by atoms with Crippen LogP contribution in [0.4, 0.5) is 0 Å². The van der Waals surface area contributed by atoms with Gasteiger partial charge in [0.05, 0.1) is 37.7 Å². The summed E-state index contributed by atoms with van der Waals surface area (Å²) < 4.78 is 26.2. The van der Waals surface area contributed by atoms with Crippen LogP contribution in [0.25, 0.3) is 0 Å².